The van der Waals surface area contributed by atoms with Crippen molar-refractivity contribution in [1.82, 2.24) is 15.1 Å². The van der Waals surface area contributed by atoms with Crippen LogP contribution in [0.3, 0.4) is 0 Å². The molecule has 0 radical (unpaired) electrons. The second kappa shape index (κ2) is 5.67. The fourth-order valence-electron chi connectivity index (χ4n) is 2.81. The average molecular weight is 235 g/mol. The number of aryl methyl sites for hydroxylation is 1. The summed E-state index contributed by atoms with van der Waals surface area (Å²) in [6, 6.07) is 1.12. The lowest BCUT2D eigenvalue weighted by molar-refractivity contribution is 0.285. The van der Waals surface area contributed by atoms with E-state index in [2.05, 4.69) is 37.4 Å². The van der Waals surface area contributed by atoms with Gasteiger partial charge >= 0.3 is 0 Å². The molecule has 0 spiro atoms. The van der Waals surface area contributed by atoms with Crippen molar-refractivity contribution in [2.75, 3.05) is 0 Å². The van der Waals surface area contributed by atoms with Crippen molar-refractivity contribution in [1.29, 1.82) is 0 Å². The Morgan fingerprint density at radius 2 is 2.35 bits per heavy atom. The molecular weight excluding hydrogens is 210 g/mol. The first kappa shape index (κ1) is 12.6. The molecule has 1 aromatic rings. The van der Waals surface area contributed by atoms with Crippen LogP contribution in [0.15, 0.2) is 12.4 Å². The van der Waals surface area contributed by atoms with Gasteiger partial charge in [0.25, 0.3) is 0 Å². The van der Waals surface area contributed by atoms with Crippen molar-refractivity contribution in [3.05, 3.63) is 18.0 Å². The van der Waals surface area contributed by atoms with Crippen molar-refractivity contribution in [3.63, 3.8) is 0 Å². The third-order valence-electron chi connectivity index (χ3n) is 3.90. The molecule has 1 heterocycles. The maximum absolute atomic E-state index is 4.34. The SMILES string of the molecule is CCn1cc(C(C)NC2CCCC(C)C2)cn1. The first-order valence-electron chi connectivity index (χ1n) is 6.97. The van der Waals surface area contributed by atoms with Crippen LogP contribution in [0.4, 0.5) is 0 Å². The Labute approximate surface area is 105 Å². The molecule has 0 aliphatic heterocycles. The molecule has 1 aromatic heterocycles. The lowest BCUT2D eigenvalue weighted by Crippen LogP contribution is -2.35. The van der Waals surface area contributed by atoms with E-state index in [1.807, 2.05) is 10.9 Å². The van der Waals surface area contributed by atoms with Crippen molar-refractivity contribution in [2.45, 2.75) is 65.1 Å². The van der Waals surface area contributed by atoms with Crippen LogP contribution in [0.2, 0.25) is 0 Å². The largest absolute Gasteiger partial charge is 0.307 e. The molecule has 0 amide bonds. The number of nitrogens with one attached hydrogen (secondary N) is 1. The van der Waals surface area contributed by atoms with Gasteiger partial charge in [-0.05, 0) is 32.6 Å². The molecule has 0 aromatic carbocycles. The molecule has 17 heavy (non-hydrogen) atoms. The lowest BCUT2D eigenvalue weighted by Gasteiger charge is -2.29. The molecule has 0 saturated heterocycles. The van der Waals surface area contributed by atoms with Crippen LogP contribution < -0.4 is 5.32 Å². The number of rotatable bonds is 4. The van der Waals surface area contributed by atoms with E-state index in [4.69, 9.17) is 0 Å². The molecule has 1 aliphatic carbocycles. The second-order valence-corrected chi connectivity index (χ2v) is 5.49. The zero-order valence-corrected chi connectivity index (χ0v) is 11.3. The minimum atomic E-state index is 0.422. The van der Waals surface area contributed by atoms with Gasteiger partial charge in [-0.3, -0.25) is 4.68 Å². The van der Waals surface area contributed by atoms with Gasteiger partial charge in [0.2, 0.25) is 0 Å². The number of hydrogen-bond donors (Lipinski definition) is 1. The van der Waals surface area contributed by atoms with Gasteiger partial charge < -0.3 is 5.32 Å². The molecule has 3 heteroatoms. The van der Waals surface area contributed by atoms with E-state index in [1.165, 1.54) is 31.2 Å². The molecule has 1 fully saturated rings. The Morgan fingerprint density at radius 1 is 1.53 bits per heavy atom. The highest BCUT2D eigenvalue weighted by Crippen LogP contribution is 2.25. The first-order valence-corrected chi connectivity index (χ1v) is 6.97. The third kappa shape index (κ3) is 3.32. The Hall–Kier alpha value is -0.830. The Bertz CT molecular complexity index is 345. The molecule has 1 N–H and O–H groups in total. The molecular formula is C14H25N3. The van der Waals surface area contributed by atoms with Crippen LogP contribution in [-0.2, 0) is 6.54 Å². The average Bonchev–Trinajstić information content (AvgIpc) is 2.77. The molecule has 96 valence electrons. The number of hydrogen-bond acceptors (Lipinski definition) is 2. The van der Waals surface area contributed by atoms with Gasteiger partial charge in [0.1, 0.15) is 0 Å². The summed E-state index contributed by atoms with van der Waals surface area (Å²) in [6.45, 7) is 7.69. The van der Waals surface area contributed by atoms with E-state index < -0.39 is 0 Å². The van der Waals surface area contributed by atoms with Gasteiger partial charge in [-0.15, -0.1) is 0 Å². The van der Waals surface area contributed by atoms with E-state index in [1.54, 1.807) is 0 Å². The molecule has 3 nitrogen and oxygen atoms in total. The first-order chi connectivity index (χ1) is 8.19. The monoisotopic (exact) mass is 235 g/mol. The fourth-order valence-corrected chi connectivity index (χ4v) is 2.81. The Kier molecular flexibility index (Phi) is 4.21. The van der Waals surface area contributed by atoms with Crippen molar-refractivity contribution in [2.24, 2.45) is 5.92 Å². The summed E-state index contributed by atoms with van der Waals surface area (Å²) >= 11 is 0. The maximum atomic E-state index is 4.34. The molecule has 3 unspecified atom stereocenters. The quantitative estimate of drug-likeness (QED) is 0.869. The van der Waals surface area contributed by atoms with Gasteiger partial charge in [0.15, 0.2) is 0 Å². The highest BCUT2D eigenvalue weighted by atomic mass is 15.3. The summed E-state index contributed by atoms with van der Waals surface area (Å²) in [5.74, 6) is 0.881. The van der Waals surface area contributed by atoms with Crippen molar-refractivity contribution < 1.29 is 0 Å². The summed E-state index contributed by atoms with van der Waals surface area (Å²) in [7, 11) is 0. The minimum Gasteiger partial charge on any atom is -0.307 e. The van der Waals surface area contributed by atoms with E-state index in [-0.39, 0.29) is 0 Å². The predicted octanol–water partition coefficient (Wildman–Crippen LogP) is 3.13. The highest BCUT2D eigenvalue weighted by molar-refractivity contribution is 5.09. The lowest BCUT2D eigenvalue weighted by atomic mass is 9.86. The zero-order valence-electron chi connectivity index (χ0n) is 11.3. The number of nitrogens with zero attached hydrogens (tertiary/aromatic N) is 2. The Balaban J connectivity index is 1.89. The summed E-state index contributed by atoms with van der Waals surface area (Å²) in [4.78, 5) is 0. The van der Waals surface area contributed by atoms with Crippen LogP contribution in [0, 0.1) is 5.92 Å². The molecule has 1 aliphatic rings. The van der Waals surface area contributed by atoms with Crippen LogP contribution in [0.5, 0.6) is 0 Å². The topological polar surface area (TPSA) is 29.9 Å². The van der Waals surface area contributed by atoms with Gasteiger partial charge in [0.05, 0.1) is 6.20 Å². The van der Waals surface area contributed by atoms with E-state index in [0.717, 1.165) is 12.5 Å². The summed E-state index contributed by atoms with van der Waals surface area (Å²) in [5.41, 5.74) is 1.31. The van der Waals surface area contributed by atoms with Crippen molar-refractivity contribution in [3.8, 4) is 0 Å². The van der Waals surface area contributed by atoms with Gasteiger partial charge in [-0.2, -0.15) is 5.10 Å². The Morgan fingerprint density at radius 3 is 3.00 bits per heavy atom. The number of aromatic nitrogens is 2. The van der Waals surface area contributed by atoms with Gasteiger partial charge in [0, 0.05) is 30.4 Å². The summed E-state index contributed by atoms with van der Waals surface area (Å²) in [6.07, 6.45) is 9.58. The maximum Gasteiger partial charge on any atom is 0.0537 e. The highest BCUT2D eigenvalue weighted by Gasteiger charge is 2.20. The van der Waals surface area contributed by atoms with Crippen molar-refractivity contribution >= 4 is 0 Å². The summed E-state index contributed by atoms with van der Waals surface area (Å²) in [5, 5.41) is 8.09. The minimum absolute atomic E-state index is 0.422. The van der Waals surface area contributed by atoms with Gasteiger partial charge in [-0.1, -0.05) is 19.8 Å². The molecule has 2 rings (SSSR count). The van der Waals surface area contributed by atoms with Gasteiger partial charge in [-0.25, -0.2) is 0 Å². The molecule has 3 atom stereocenters. The fraction of sp³-hybridized carbons (Fsp3) is 0.786. The van der Waals surface area contributed by atoms with E-state index in [9.17, 15) is 0 Å². The van der Waals surface area contributed by atoms with Crippen LogP contribution >= 0.6 is 0 Å². The standard InChI is InChI=1S/C14H25N3/c1-4-17-10-13(9-15-17)12(3)16-14-7-5-6-11(2)8-14/h9-12,14,16H,4-8H2,1-3H3. The third-order valence-corrected chi connectivity index (χ3v) is 3.90. The smallest absolute Gasteiger partial charge is 0.0537 e. The summed E-state index contributed by atoms with van der Waals surface area (Å²) < 4.78 is 2.00. The second-order valence-electron chi connectivity index (χ2n) is 5.49. The van der Waals surface area contributed by atoms with E-state index >= 15 is 0 Å². The molecule has 0 bridgehead atoms. The zero-order chi connectivity index (χ0) is 12.3. The molecule has 1 saturated carbocycles. The van der Waals surface area contributed by atoms with Crippen LogP contribution in [0.25, 0.3) is 0 Å². The van der Waals surface area contributed by atoms with Crippen LogP contribution in [0.1, 0.15) is 58.1 Å². The normalized spacial score (nSPS) is 27.0. The van der Waals surface area contributed by atoms with E-state index in [0.29, 0.717) is 12.1 Å². The predicted molar refractivity (Wildman–Crippen MR) is 70.9 cm³/mol. The van der Waals surface area contributed by atoms with Crippen LogP contribution in [-0.4, -0.2) is 15.8 Å².